The fraction of sp³-hybridized carbons (Fsp3) is 0.100. The van der Waals surface area contributed by atoms with Gasteiger partial charge in [0.25, 0.3) is 5.91 Å². The van der Waals surface area contributed by atoms with Crippen LogP contribution in [0.5, 0.6) is 0 Å². The number of rotatable bonds is 4. The number of carbonyl (C=O) groups excluding carboxylic acids is 1. The Hall–Kier alpha value is -2.00. The van der Waals surface area contributed by atoms with E-state index >= 15 is 0 Å². The van der Waals surface area contributed by atoms with Crippen LogP contribution in [0.4, 0.5) is 5.82 Å². The molecule has 0 fully saturated rings. The number of nitrogens with zero attached hydrogens (tertiary/aromatic N) is 2. The van der Waals surface area contributed by atoms with Crippen LogP contribution in [0, 0.1) is 11.3 Å². The standard InChI is InChI=1S/C10H10N4OS/c1-2-3-16-10-7(9(13)15)4-6(5-11)8(12)14-10/h2,4H,1,3H2,(H2,12,14)(H2,13,15). The highest BCUT2D eigenvalue weighted by atomic mass is 32.2. The maximum Gasteiger partial charge on any atom is 0.251 e. The number of amides is 1. The molecule has 1 rings (SSSR count). The van der Waals surface area contributed by atoms with E-state index in [-0.39, 0.29) is 16.9 Å². The molecule has 0 spiro atoms. The van der Waals surface area contributed by atoms with Gasteiger partial charge in [0.1, 0.15) is 16.9 Å². The molecule has 0 saturated carbocycles. The second-order valence-corrected chi connectivity index (χ2v) is 3.86. The highest BCUT2D eigenvalue weighted by molar-refractivity contribution is 7.99. The van der Waals surface area contributed by atoms with Gasteiger partial charge in [-0.15, -0.1) is 18.3 Å². The van der Waals surface area contributed by atoms with Gasteiger partial charge >= 0.3 is 0 Å². The molecule has 1 amide bonds. The van der Waals surface area contributed by atoms with Gasteiger partial charge in [0.2, 0.25) is 0 Å². The monoisotopic (exact) mass is 234 g/mol. The summed E-state index contributed by atoms with van der Waals surface area (Å²) in [5.41, 5.74) is 11.1. The number of nitrogen functional groups attached to an aromatic ring is 1. The molecule has 5 nitrogen and oxygen atoms in total. The summed E-state index contributed by atoms with van der Waals surface area (Å²) in [6, 6.07) is 3.21. The molecule has 16 heavy (non-hydrogen) atoms. The SMILES string of the molecule is C=CCSc1nc(N)c(C#N)cc1C(N)=O. The van der Waals surface area contributed by atoms with Gasteiger partial charge in [0.05, 0.1) is 11.1 Å². The van der Waals surface area contributed by atoms with Crippen LogP contribution in [0.25, 0.3) is 0 Å². The summed E-state index contributed by atoms with van der Waals surface area (Å²) in [6.07, 6.45) is 1.67. The minimum Gasteiger partial charge on any atom is -0.383 e. The third kappa shape index (κ3) is 2.52. The number of thioether (sulfide) groups is 1. The summed E-state index contributed by atoms with van der Waals surface area (Å²) in [6.45, 7) is 3.56. The van der Waals surface area contributed by atoms with Crippen LogP contribution in [0.3, 0.4) is 0 Å². The smallest absolute Gasteiger partial charge is 0.251 e. The highest BCUT2D eigenvalue weighted by Gasteiger charge is 2.13. The van der Waals surface area contributed by atoms with Gasteiger partial charge in [-0.1, -0.05) is 6.08 Å². The van der Waals surface area contributed by atoms with Gasteiger partial charge in [-0.3, -0.25) is 4.79 Å². The number of carbonyl (C=O) groups is 1. The lowest BCUT2D eigenvalue weighted by atomic mass is 10.2. The molecular weight excluding hydrogens is 224 g/mol. The summed E-state index contributed by atoms with van der Waals surface area (Å²) >= 11 is 1.29. The van der Waals surface area contributed by atoms with Crippen molar-refractivity contribution in [1.29, 1.82) is 5.26 Å². The predicted octanol–water partition coefficient (Wildman–Crippen LogP) is 0.912. The Morgan fingerprint density at radius 1 is 1.75 bits per heavy atom. The van der Waals surface area contributed by atoms with E-state index in [1.165, 1.54) is 17.8 Å². The first-order valence-electron chi connectivity index (χ1n) is 4.34. The summed E-state index contributed by atoms with van der Waals surface area (Å²) in [7, 11) is 0. The molecule has 1 heterocycles. The van der Waals surface area contributed by atoms with Crippen molar-refractivity contribution >= 4 is 23.5 Å². The minimum absolute atomic E-state index is 0.0964. The first-order valence-corrected chi connectivity index (χ1v) is 5.32. The Balaban J connectivity index is 3.25. The third-order valence-electron chi connectivity index (χ3n) is 1.74. The number of anilines is 1. The van der Waals surface area contributed by atoms with Gasteiger partial charge in [0.15, 0.2) is 0 Å². The fourth-order valence-corrected chi connectivity index (χ4v) is 1.78. The Kier molecular flexibility index (Phi) is 3.91. The predicted molar refractivity (Wildman–Crippen MR) is 62.8 cm³/mol. The molecule has 0 aromatic carbocycles. The molecule has 0 bridgehead atoms. The Labute approximate surface area is 97.1 Å². The van der Waals surface area contributed by atoms with Crippen LogP contribution in [0.2, 0.25) is 0 Å². The molecule has 1 aromatic rings. The number of hydrogen-bond donors (Lipinski definition) is 2. The zero-order valence-corrected chi connectivity index (χ0v) is 9.25. The topological polar surface area (TPSA) is 106 Å². The summed E-state index contributed by atoms with van der Waals surface area (Å²) < 4.78 is 0. The maximum atomic E-state index is 11.2. The number of aromatic nitrogens is 1. The molecule has 0 atom stereocenters. The van der Waals surface area contributed by atoms with E-state index < -0.39 is 5.91 Å². The first kappa shape index (κ1) is 12.1. The fourth-order valence-electron chi connectivity index (χ4n) is 1.02. The second kappa shape index (κ2) is 5.19. The molecule has 0 aliphatic carbocycles. The number of primary amides is 1. The van der Waals surface area contributed by atoms with E-state index in [4.69, 9.17) is 16.7 Å². The van der Waals surface area contributed by atoms with Crippen molar-refractivity contribution in [2.24, 2.45) is 5.73 Å². The average molecular weight is 234 g/mol. The second-order valence-electron chi connectivity index (χ2n) is 2.85. The zero-order chi connectivity index (χ0) is 12.1. The van der Waals surface area contributed by atoms with Crippen molar-refractivity contribution in [3.63, 3.8) is 0 Å². The number of pyridine rings is 1. The highest BCUT2D eigenvalue weighted by Crippen LogP contribution is 2.23. The largest absolute Gasteiger partial charge is 0.383 e. The average Bonchev–Trinajstić information content (AvgIpc) is 2.25. The molecule has 0 radical (unpaired) electrons. The van der Waals surface area contributed by atoms with E-state index in [2.05, 4.69) is 11.6 Å². The lowest BCUT2D eigenvalue weighted by molar-refractivity contribution is 0.0997. The van der Waals surface area contributed by atoms with E-state index in [1.807, 2.05) is 6.07 Å². The van der Waals surface area contributed by atoms with Crippen LogP contribution in [0.15, 0.2) is 23.7 Å². The third-order valence-corrected chi connectivity index (χ3v) is 2.73. The molecule has 0 aliphatic rings. The van der Waals surface area contributed by atoms with Crippen LogP contribution in [-0.2, 0) is 0 Å². The van der Waals surface area contributed by atoms with E-state index in [0.717, 1.165) is 0 Å². The molecule has 0 aliphatic heterocycles. The van der Waals surface area contributed by atoms with E-state index in [1.54, 1.807) is 6.08 Å². The Morgan fingerprint density at radius 3 is 2.94 bits per heavy atom. The van der Waals surface area contributed by atoms with Crippen LogP contribution in [0.1, 0.15) is 15.9 Å². The molecule has 0 unspecified atom stereocenters. The van der Waals surface area contributed by atoms with Crippen molar-refractivity contribution in [2.75, 3.05) is 11.5 Å². The normalized spacial score (nSPS) is 9.44. The summed E-state index contributed by atoms with van der Waals surface area (Å²) in [5, 5.41) is 9.17. The van der Waals surface area contributed by atoms with Crippen molar-refractivity contribution in [3.05, 3.63) is 29.8 Å². The van der Waals surface area contributed by atoms with E-state index in [9.17, 15) is 4.79 Å². The molecule has 82 valence electrons. The van der Waals surface area contributed by atoms with Gasteiger partial charge in [0, 0.05) is 5.75 Å². The van der Waals surface area contributed by atoms with Crippen molar-refractivity contribution in [2.45, 2.75) is 5.03 Å². The molecular formula is C10H10N4OS. The Morgan fingerprint density at radius 2 is 2.44 bits per heavy atom. The lowest BCUT2D eigenvalue weighted by Crippen LogP contribution is -2.14. The van der Waals surface area contributed by atoms with Gasteiger partial charge in [-0.2, -0.15) is 5.26 Å². The number of nitrogens with two attached hydrogens (primary N) is 2. The maximum absolute atomic E-state index is 11.2. The van der Waals surface area contributed by atoms with Crippen LogP contribution in [-0.4, -0.2) is 16.6 Å². The van der Waals surface area contributed by atoms with E-state index in [0.29, 0.717) is 10.8 Å². The molecule has 6 heteroatoms. The van der Waals surface area contributed by atoms with Gasteiger partial charge in [-0.05, 0) is 6.07 Å². The molecule has 0 saturated heterocycles. The summed E-state index contributed by atoms with van der Waals surface area (Å²) in [4.78, 5) is 15.1. The van der Waals surface area contributed by atoms with Crippen molar-refractivity contribution < 1.29 is 4.79 Å². The molecule has 4 N–H and O–H groups in total. The quantitative estimate of drug-likeness (QED) is 0.595. The minimum atomic E-state index is -0.629. The van der Waals surface area contributed by atoms with Crippen molar-refractivity contribution in [1.82, 2.24) is 4.98 Å². The van der Waals surface area contributed by atoms with Crippen LogP contribution >= 0.6 is 11.8 Å². The number of hydrogen-bond acceptors (Lipinski definition) is 5. The first-order chi connectivity index (χ1) is 7.60. The van der Waals surface area contributed by atoms with Crippen molar-refractivity contribution in [3.8, 4) is 6.07 Å². The zero-order valence-electron chi connectivity index (χ0n) is 8.43. The van der Waals surface area contributed by atoms with Gasteiger partial charge < -0.3 is 11.5 Å². The van der Waals surface area contributed by atoms with Gasteiger partial charge in [-0.25, -0.2) is 4.98 Å². The Bertz CT molecular complexity index is 478. The number of nitriles is 1. The van der Waals surface area contributed by atoms with Crippen LogP contribution < -0.4 is 11.5 Å². The lowest BCUT2D eigenvalue weighted by Gasteiger charge is -2.06. The molecule has 1 aromatic heterocycles. The summed E-state index contributed by atoms with van der Waals surface area (Å²) in [5.74, 6) is 0.0492.